The Labute approximate surface area is 79.7 Å². The summed E-state index contributed by atoms with van der Waals surface area (Å²) in [5.41, 5.74) is 2.66. The molecule has 0 unspecified atom stereocenters. The first kappa shape index (κ1) is 10.0. The zero-order valence-corrected chi connectivity index (χ0v) is 8.03. The van der Waals surface area contributed by atoms with E-state index in [0.29, 0.717) is 0 Å². The summed E-state index contributed by atoms with van der Waals surface area (Å²) in [5.74, 6) is 0. The highest BCUT2D eigenvalue weighted by Gasteiger charge is 1.90. The van der Waals surface area contributed by atoms with Crippen LogP contribution in [0.5, 0.6) is 0 Å². The van der Waals surface area contributed by atoms with Gasteiger partial charge in [0.2, 0.25) is 0 Å². The van der Waals surface area contributed by atoms with Crippen molar-refractivity contribution >= 4 is 0 Å². The van der Waals surface area contributed by atoms with E-state index in [-0.39, 0.29) is 6.61 Å². The third kappa shape index (κ3) is 3.43. The zero-order chi connectivity index (χ0) is 9.52. The number of aliphatic hydroxyl groups excluding tert-OH is 1. The number of aliphatic hydroxyl groups is 1. The molecule has 0 atom stereocenters. The van der Waals surface area contributed by atoms with Gasteiger partial charge in [-0.1, -0.05) is 43.3 Å². The van der Waals surface area contributed by atoms with E-state index in [1.807, 2.05) is 6.08 Å². The first-order chi connectivity index (χ1) is 6.36. The van der Waals surface area contributed by atoms with Crippen LogP contribution in [0.15, 0.2) is 36.4 Å². The molecule has 0 aliphatic carbocycles. The van der Waals surface area contributed by atoms with E-state index in [0.717, 1.165) is 12.8 Å². The zero-order valence-electron chi connectivity index (χ0n) is 8.03. The smallest absolute Gasteiger partial charge is 0.0612 e. The second kappa shape index (κ2) is 5.55. The van der Waals surface area contributed by atoms with Gasteiger partial charge in [-0.3, -0.25) is 0 Å². The highest BCUT2D eigenvalue weighted by Crippen LogP contribution is 2.05. The number of allylic oxidation sites excluding steroid dienone is 1. The number of hydrogen-bond donors (Lipinski definition) is 1. The third-order valence-electron chi connectivity index (χ3n) is 2.06. The first-order valence-electron chi connectivity index (χ1n) is 4.70. The van der Waals surface area contributed by atoms with Crippen molar-refractivity contribution in [2.75, 3.05) is 6.61 Å². The second-order valence-electron chi connectivity index (χ2n) is 3.03. The van der Waals surface area contributed by atoms with Gasteiger partial charge >= 0.3 is 0 Å². The highest BCUT2D eigenvalue weighted by atomic mass is 16.2. The SMILES string of the molecule is CCc1ccc(C/C=C/CO)cc1. The molecule has 0 aromatic heterocycles. The molecule has 1 rings (SSSR count). The van der Waals surface area contributed by atoms with Gasteiger partial charge in [-0.2, -0.15) is 0 Å². The van der Waals surface area contributed by atoms with Crippen molar-refractivity contribution < 1.29 is 5.11 Å². The summed E-state index contributed by atoms with van der Waals surface area (Å²) in [6.45, 7) is 2.29. The van der Waals surface area contributed by atoms with E-state index >= 15 is 0 Å². The lowest BCUT2D eigenvalue weighted by Crippen LogP contribution is -1.84. The fraction of sp³-hybridized carbons (Fsp3) is 0.333. The maximum Gasteiger partial charge on any atom is 0.0612 e. The molecule has 0 aliphatic rings. The van der Waals surface area contributed by atoms with E-state index in [4.69, 9.17) is 5.11 Å². The Bertz CT molecular complexity index is 259. The van der Waals surface area contributed by atoms with Crippen LogP contribution >= 0.6 is 0 Å². The predicted octanol–water partition coefficient (Wildman–Crippen LogP) is 2.34. The molecule has 0 radical (unpaired) electrons. The van der Waals surface area contributed by atoms with Gasteiger partial charge in [-0.25, -0.2) is 0 Å². The van der Waals surface area contributed by atoms with Crippen molar-refractivity contribution in [3.05, 3.63) is 47.5 Å². The van der Waals surface area contributed by atoms with E-state index in [9.17, 15) is 0 Å². The average molecular weight is 176 g/mol. The van der Waals surface area contributed by atoms with Gasteiger partial charge in [-0.15, -0.1) is 0 Å². The number of benzene rings is 1. The Balaban J connectivity index is 2.54. The lowest BCUT2D eigenvalue weighted by atomic mass is 10.1. The van der Waals surface area contributed by atoms with Crippen LogP contribution in [0.1, 0.15) is 18.1 Å². The minimum absolute atomic E-state index is 0.132. The van der Waals surface area contributed by atoms with Crippen LogP contribution in [0, 0.1) is 0 Å². The van der Waals surface area contributed by atoms with Crippen LogP contribution in [-0.2, 0) is 12.8 Å². The molecule has 13 heavy (non-hydrogen) atoms. The van der Waals surface area contributed by atoms with Gasteiger partial charge in [0.1, 0.15) is 0 Å². The fourth-order valence-corrected chi connectivity index (χ4v) is 1.21. The Kier molecular flexibility index (Phi) is 4.27. The largest absolute Gasteiger partial charge is 0.392 e. The summed E-state index contributed by atoms with van der Waals surface area (Å²) in [4.78, 5) is 0. The van der Waals surface area contributed by atoms with E-state index in [1.54, 1.807) is 6.08 Å². The van der Waals surface area contributed by atoms with Crippen molar-refractivity contribution in [1.29, 1.82) is 0 Å². The van der Waals surface area contributed by atoms with E-state index < -0.39 is 0 Å². The van der Waals surface area contributed by atoms with Gasteiger partial charge < -0.3 is 5.11 Å². The lowest BCUT2D eigenvalue weighted by molar-refractivity contribution is 0.342. The summed E-state index contributed by atoms with van der Waals surface area (Å²) in [6.07, 6.45) is 5.76. The molecule has 1 N–H and O–H groups in total. The van der Waals surface area contributed by atoms with Crippen molar-refractivity contribution in [2.45, 2.75) is 19.8 Å². The molecule has 0 amide bonds. The van der Waals surface area contributed by atoms with Crippen molar-refractivity contribution in [3.63, 3.8) is 0 Å². The first-order valence-corrected chi connectivity index (χ1v) is 4.70. The van der Waals surface area contributed by atoms with Crippen LogP contribution in [0.2, 0.25) is 0 Å². The topological polar surface area (TPSA) is 20.2 Å². The van der Waals surface area contributed by atoms with Crippen LogP contribution < -0.4 is 0 Å². The summed E-state index contributed by atoms with van der Waals surface area (Å²) >= 11 is 0. The molecule has 0 heterocycles. The Morgan fingerprint density at radius 2 is 1.69 bits per heavy atom. The molecule has 0 saturated carbocycles. The monoisotopic (exact) mass is 176 g/mol. The Hall–Kier alpha value is -1.08. The van der Waals surface area contributed by atoms with Crippen LogP contribution in [0.25, 0.3) is 0 Å². The number of rotatable bonds is 4. The van der Waals surface area contributed by atoms with Gasteiger partial charge in [-0.05, 0) is 24.0 Å². The highest BCUT2D eigenvalue weighted by molar-refractivity contribution is 5.24. The van der Waals surface area contributed by atoms with Crippen molar-refractivity contribution in [2.24, 2.45) is 0 Å². The standard InChI is InChI=1S/C12H16O/c1-2-11-6-8-12(9-7-11)5-3-4-10-13/h3-4,6-9,13H,2,5,10H2,1H3/b4-3+. The maximum atomic E-state index is 8.54. The number of aryl methyl sites for hydroxylation is 1. The maximum absolute atomic E-state index is 8.54. The van der Waals surface area contributed by atoms with Gasteiger partial charge in [0.05, 0.1) is 6.61 Å². The van der Waals surface area contributed by atoms with E-state index in [1.165, 1.54) is 11.1 Å². The van der Waals surface area contributed by atoms with Crippen molar-refractivity contribution in [3.8, 4) is 0 Å². The molecule has 0 spiro atoms. The van der Waals surface area contributed by atoms with Gasteiger partial charge in [0.15, 0.2) is 0 Å². The summed E-state index contributed by atoms with van der Waals surface area (Å²) in [5, 5.41) is 8.54. The van der Waals surface area contributed by atoms with Crippen molar-refractivity contribution in [1.82, 2.24) is 0 Å². The van der Waals surface area contributed by atoms with Crippen LogP contribution in [-0.4, -0.2) is 11.7 Å². The summed E-state index contributed by atoms with van der Waals surface area (Å²) in [6, 6.07) is 8.59. The minimum atomic E-state index is 0.132. The molecule has 0 bridgehead atoms. The summed E-state index contributed by atoms with van der Waals surface area (Å²) in [7, 11) is 0. The van der Waals surface area contributed by atoms with Crippen LogP contribution in [0.4, 0.5) is 0 Å². The Morgan fingerprint density at radius 1 is 1.08 bits per heavy atom. The quantitative estimate of drug-likeness (QED) is 0.698. The lowest BCUT2D eigenvalue weighted by Gasteiger charge is -1.98. The molecule has 1 aromatic carbocycles. The molecule has 1 aromatic rings. The molecule has 0 saturated heterocycles. The molecule has 0 aliphatic heterocycles. The van der Waals surface area contributed by atoms with Crippen LogP contribution in [0.3, 0.4) is 0 Å². The third-order valence-corrected chi connectivity index (χ3v) is 2.06. The molecule has 70 valence electrons. The average Bonchev–Trinajstić information content (AvgIpc) is 2.19. The molecular weight excluding hydrogens is 160 g/mol. The Morgan fingerprint density at radius 3 is 2.23 bits per heavy atom. The molecule has 1 heteroatoms. The number of hydrogen-bond acceptors (Lipinski definition) is 1. The second-order valence-corrected chi connectivity index (χ2v) is 3.03. The predicted molar refractivity (Wildman–Crippen MR) is 55.7 cm³/mol. The molecular formula is C12H16O. The molecule has 1 nitrogen and oxygen atoms in total. The fourth-order valence-electron chi connectivity index (χ4n) is 1.21. The normalized spacial score (nSPS) is 10.9. The van der Waals surface area contributed by atoms with E-state index in [2.05, 4.69) is 31.2 Å². The van der Waals surface area contributed by atoms with Gasteiger partial charge in [0.25, 0.3) is 0 Å². The molecule has 0 fully saturated rings. The minimum Gasteiger partial charge on any atom is -0.392 e. The summed E-state index contributed by atoms with van der Waals surface area (Å²) < 4.78 is 0. The van der Waals surface area contributed by atoms with Gasteiger partial charge in [0, 0.05) is 0 Å².